The second kappa shape index (κ2) is 6.17. The summed E-state index contributed by atoms with van der Waals surface area (Å²) in [6, 6.07) is 7.26. The number of nitrogens with two attached hydrogens (primary N) is 1. The molecule has 0 atom stereocenters. The van der Waals surface area contributed by atoms with Crippen LogP contribution in [0.5, 0.6) is 0 Å². The Balaban J connectivity index is 3.17. The van der Waals surface area contributed by atoms with E-state index < -0.39 is 10.2 Å². The smallest absolute Gasteiger partial charge is 0.303 e. The van der Waals surface area contributed by atoms with E-state index in [1.807, 2.05) is 32.0 Å². The minimum atomic E-state index is -3.48. The lowest BCUT2D eigenvalue weighted by molar-refractivity contribution is 0.444. The molecule has 0 unspecified atom stereocenters. The zero-order chi connectivity index (χ0) is 13.8. The molecule has 0 aliphatic rings. The van der Waals surface area contributed by atoms with Gasteiger partial charge in [0.2, 0.25) is 0 Å². The van der Waals surface area contributed by atoms with Gasteiger partial charge in [-0.05, 0) is 11.6 Å². The number of hydrogen-bond acceptors (Lipinski definition) is 3. The molecular formula is C12H21N3O2S. The maximum atomic E-state index is 12.4. The highest BCUT2D eigenvalue weighted by Gasteiger charge is 2.25. The summed E-state index contributed by atoms with van der Waals surface area (Å²) < 4.78 is 27.5. The van der Waals surface area contributed by atoms with Gasteiger partial charge in [0.05, 0.1) is 5.69 Å². The minimum Gasteiger partial charge on any atom is -0.326 e. The summed E-state index contributed by atoms with van der Waals surface area (Å²) in [5.41, 5.74) is 7.08. The van der Waals surface area contributed by atoms with Gasteiger partial charge in [0, 0.05) is 26.7 Å². The molecule has 0 bridgehead atoms. The molecule has 1 aromatic rings. The molecule has 0 saturated carbocycles. The van der Waals surface area contributed by atoms with Gasteiger partial charge < -0.3 is 5.73 Å². The van der Waals surface area contributed by atoms with Gasteiger partial charge in [-0.1, -0.05) is 32.0 Å². The first kappa shape index (κ1) is 14.9. The molecule has 5 nitrogen and oxygen atoms in total. The lowest BCUT2D eigenvalue weighted by Crippen LogP contribution is -2.42. The van der Waals surface area contributed by atoms with E-state index in [4.69, 9.17) is 5.73 Å². The van der Waals surface area contributed by atoms with Gasteiger partial charge in [-0.3, -0.25) is 4.31 Å². The predicted octanol–water partition coefficient (Wildman–Crippen LogP) is 1.17. The summed E-state index contributed by atoms with van der Waals surface area (Å²) in [4.78, 5) is 0. The van der Waals surface area contributed by atoms with Crippen molar-refractivity contribution in [1.82, 2.24) is 4.31 Å². The van der Waals surface area contributed by atoms with Gasteiger partial charge in [0.15, 0.2) is 0 Å². The lowest BCUT2D eigenvalue weighted by atomic mass is 10.2. The van der Waals surface area contributed by atoms with E-state index in [2.05, 4.69) is 0 Å². The Labute approximate surface area is 109 Å². The van der Waals surface area contributed by atoms with E-state index in [0.717, 1.165) is 5.56 Å². The molecule has 0 amide bonds. The SMILES string of the molecule is CCN(CC)S(=O)(=O)N(C)c1ccccc1CN. The zero-order valence-electron chi connectivity index (χ0n) is 11.1. The van der Waals surface area contributed by atoms with E-state index >= 15 is 0 Å². The second-order valence-corrected chi connectivity index (χ2v) is 5.85. The van der Waals surface area contributed by atoms with Crippen LogP contribution in [0, 0.1) is 0 Å². The van der Waals surface area contributed by atoms with Crippen molar-refractivity contribution in [3.63, 3.8) is 0 Å². The van der Waals surface area contributed by atoms with Crippen molar-refractivity contribution in [1.29, 1.82) is 0 Å². The van der Waals surface area contributed by atoms with Crippen LogP contribution in [0.3, 0.4) is 0 Å². The average molecular weight is 271 g/mol. The number of rotatable bonds is 6. The number of anilines is 1. The normalized spacial score (nSPS) is 11.8. The molecular weight excluding hydrogens is 250 g/mol. The molecule has 0 aliphatic heterocycles. The molecule has 2 N–H and O–H groups in total. The van der Waals surface area contributed by atoms with Crippen molar-refractivity contribution in [2.75, 3.05) is 24.4 Å². The fourth-order valence-corrected chi connectivity index (χ4v) is 3.26. The van der Waals surface area contributed by atoms with E-state index in [9.17, 15) is 8.42 Å². The Morgan fingerprint density at radius 1 is 1.17 bits per heavy atom. The molecule has 0 aliphatic carbocycles. The van der Waals surface area contributed by atoms with Crippen molar-refractivity contribution in [3.8, 4) is 0 Å². The molecule has 18 heavy (non-hydrogen) atoms. The van der Waals surface area contributed by atoms with Gasteiger partial charge in [-0.2, -0.15) is 12.7 Å². The van der Waals surface area contributed by atoms with Gasteiger partial charge in [-0.25, -0.2) is 0 Å². The Morgan fingerprint density at radius 2 is 1.72 bits per heavy atom. The number of nitrogens with zero attached hydrogens (tertiary/aromatic N) is 2. The number of benzene rings is 1. The Hall–Kier alpha value is -1.11. The molecule has 0 saturated heterocycles. The van der Waals surface area contributed by atoms with Crippen LogP contribution in [0.1, 0.15) is 19.4 Å². The van der Waals surface area contributed by atoms with Gasteiger partial charge in [-0.15, -0.1) is 0 Å². The maximum absolute atomic E-state index is 12.4. The van der Waals surface area contributed by atoms with Crippen LogP contribution in [0.4, 0.5) is 5.69 Å². The lowest BCUT2D eigenvalue weighted by Gasteiger charge is -2.28. The van der Waals surface area contributed by atoms with Crippen molar-refractivity contribution in [2.24, 2.45) is 5.73 Å². The highest BCUT2D eigenvalue weighted by atomic mass is 32.2. The third-order valence-corrected chi connectivity index (χ3v) is 4.99. The van der Waals surface area contributed by atoms with Gasteiger partial charge in [0.1, 0.15) is 0 Å². The van der Waals surface area contributed by atoms with Crippen molar-refractivity contribution < 1.29 is 8.42 Å². The van der Waals surface area contributed by atoms with E-state index in [1.54, 1.807) is 13.1 Å². The average Bonchev–Trinajstić information content (AvgIpc) is 2.38. The van der Waals surface area contributed by atoms with Crippen molar-refractivity contribution in [3.05, 3.63) is 29.8 Å². The summed E-state index contributed by atoms with van der Waals surface area (Å²) in [5, 5.41) is 0. The topological polar surface area (TPSA) is 66.6 Å². The quantitative estimate of drug-likeness (QED) is 0.844. The first-order chi connectivity index (χ1) is 8.48. The van der Waals surface area contributed by atoms with Crippen LogP contribution in [-0.2, 0) is 16.8 Å². The summed E-state index contributed by atoms with van der Waals surface area (Å²) >= 11 is 0. The van der Waals surface area contributed by atoms with Crippen LogP contribution < -0.4 is 10.0 Å². The first-order valence-corrected chi connectivity index (χ1v) is 7.40. The second-order valence-electron chi connectivity index (χ2n) is 3.89. The van der Waals surface area contributed by atoms with Gasteiger partial charge >= 0.3 is 10.2 Å². The Bertz CT molecular complexity index is 484. The number of hydrogen-bond donors (Lipinski definition) is 1. The minimum absolute atomic E-state index is 0.314. The van der Waals surface area contributed by atoms with Crippen LogP contribution in [0.15, 0.2) is 24.3 Å². The molecule has 0 heterocycles. The van der Waals surface area contributed by atoms with Crippen molar-refractivity contribution >= 4 is 15.9 Å². The highest BCUT2D eigenvalue weighted by Crippen LogP contribution is 2.22. The Kier molecular flexibility index (Phi) is 5.13. The summed E-state index contributed by atoms with van der Waals surface area (Å²) in [6.07, 6.45) is 0. The maximum Gasteiger partial charge on any atom is 0.303 e. The van der Waals surface area contributed by atoms with E-state index in [1.165, 1.54) is 8.61 Å². The fraction of sp³-hybridized carbons (Fsp3) is 0.500. The van der Waals surface area contributed by atoms with E-state index in [-0.39, 0.29) is 0 Å². The number of para-hydroxylation sites is 1. The first-order valence-electron chi connectivity index (χ1n) is 6.01. The zero-order valence-corrected chi connectivity index (χ0v) is 11.9. The van der Waals surface area contributed by atoms with E-state index in [0.29, 0.717) is 25.3 Å². The molecule has 1 aromatic carbocycles. The predicted molar refractivity (Wildman–Crippen MR) is 74.6 cm³/mol. The van der Waals surface area contributed by atoms with Crippen LogP contribution in [0.2, 0.25) is 0 Å². The highest BCUT2D eigenvalue weighted by molar-refractivity contribution is 7.90. The molecule has 6 heteroatoms. The monoisotopic (exact) mass is 271 g/mol. The molecule has 0 aromatic heterocycles. The molecule has 0 fully saturated rings. The Morgan fingerprint density at radius 3 is 2.22 bits per heavy atom. The van der Waals surface area contributed by atoms with Crippen molar-refractivity contribution in [2.45, 2.75) is 20.4 Å². The van der Waals surface area contributed by atoms with Gasteiger partial charge in [0.25, 0.3) is 0 Å². The largest absolute Gasteiger partial charge is 0.326 e. The van der Waals surface area contributed by atoms with Crippen LogP contribution in [-0.4, -0.2) is 32.9 Å². The molecule has 1 rings (SSSR count). The van der Waals surface area contributed by atoms with Crippen LogP contribution >= 0.6 is 0 Å². The summed E-state index contributed by atoms with van der Waals surface area (Å²) in [5.74, 6) is 0. The van der Waals surface area contributed by atoms with Crippen LogP contribution in [0.25, 0.3) is 0 Å². The standard InChI is InChI=1S/C12H21N3O2S/c1-4-15(5-2)18(16,17)14(3)12-9-7-6-8-11(12)10-13/h6-9H,4-5,10,13H2,1-3H3. The molecule has 102 valence electrons. The third-order valence-electron chi connectivity index (χ3n) is 2.93. The summed E-state index contributed by atoms with van der Waals surface area (Å²) in [6.45, 7) is 4.86. The summed E-state index contributed by atoms with van der Waals surface area (Å²) in [7, 11) is -1.92. The third kappa shape index (κ3) is 2.82. The molecule has 0 radical (unpaired) electrons. The molecule has 0 spiro atoms. The fourth-order valence-electron chi connectivity index (χ4n) is 1.84.